The van der Waals surface area contributed by atoms with Gasteiger partial charge in [0, 0.05) is 12.5 Å². The van der Waals surface area contributed by atoms with E-state index in [1.165, 1.54) is 0 Å². The summed E-state index contributed by atoms with van der Waals surface area (Å²) in [7, 11) is 0. The number of hydrogen-bond acceptors (Lipinski definition) is 5. The molecule has 0 saturated carbocycles. The van der Waals surface area contributed by atoms with Crippen LogP contribution in [0.2, 0.25) is 0 Å². The molecule has 2 fully saturated rings. The SMILES string of the molecule is C[C@@]12OC(=O)[C@]1([C@@H](O)[C@@H]1C=CCCC1)NC(=O)[C@@H]2CCO. The second kappa shape index (κ2) is 4.81. The van der Waals surface area contributed by atoms with Crippen LogP contribution in [0.1, 0.15) is 32.6 Å². The fraction of sp³-hybridized carbons (Fsp3) is 0.733. The first kappa shape index (κ1) is 14.5. The maximum atomic E-state index is 12.2. The van der Waals surface area contributed by atoms with Gasteiger partial charge in [-0.25, -0.2) is 4.79 Å². The summed E-state index contributed by atoms with van der Waals surface area (Å²) in [5, 5.41) is 22.6. The van der Waals surface area contributed by atoms with E-state index in [0.717, 1.165) is 19.3 Å². The van der Waals surface area contributed by atoms with E-state index in [1.807, 2.05) is 12.2 Å². The molecule has 2 heterocycles. The Balaban J connectivity index is 1.94. The molecule has 0 aromatic carbocycles. The summed E-state index contributed by atoms with van der Waals surface area (Å²) in [5.74, 6) is -1.71. The number of rotatable bonds is 4. The van der Waals surface area contributed by atoms with Gasteiger partial charge in [-0.2, -0.15) is 0 Å². The van der Waals surface area contributed by atoms with Crippen molar-refractivity contribution in [3.8, 4) is 0 Å². The number of nitrogens with one attached hydrogen (secondary N) is 1. The van der Waals surface area contributed by atoms with Crippen molar-refractivity contribution < 1.29 is 24.5 Å². The summed E-state index contributed by atoms with van der Waals surface area (Å²) in [6, 6.07) is 0. The number of fused-ring (bicyclic) bond motifs is 1. The molecule has 2 aliphatic heterocycles. The van der Waals surface area contributed by atoms with Crippen LogP contribution in [0.4, 0.5) is 0 Å². The molecule has 0 bridgehead atoms. The molecular weight excluding hydrogens is 274 g/mol. The van der Waals surface area contributed by atoms with Gasteiger partial charge in [-0.3, -0.25) is 4.79 Å². The van der Waals surface area contributed by atoms with Gasteiger partial charge in [-0.05, 0) is 32.6 Å². The van der Waals surface area contributed by atoms with Gasteiger partial charge in [0.2, 0.25) is 11.4 Å². The summed E-state index contributed by atoms with van der Waals surface area (Å²) >= 11 is 0. The van der Waals surface area contributed by atoms with Crippen LogP contribution < -0.4 is 5.32 Å². The van der Waals surface area contributed by atoms with Crippen molar-refractivity contribution in [2.24, 2.45) is 11.8 Å². The Kier molecular flexibility index (Phi) is 3.33. The van der Waals surface area contributed by atoms with Gasteiger partial charge >= 0.3 is 5.97 Å². The fourth-order valence-electron chi connectivity index (χ4n) is 4.01. The second-order valence-corrected chi connectivity index (χ2v) is 6.33. The van der Waals surface area contributed by atoms with Crippen LogP contribution in [0.15, 0.2) is 12.2 Å². The molecule has 5 atom stereocenters. The van der Waals surface area contributed by atoms with Crippen LogP contribution in [-0.4, -0.2) is 45.9 Å². The molecule has 21 heavy (non-hydrogen) atoms. The van der Waals surface area contributed by atoms with Gasteiger partial charge in [0.25, 0.3) is 0 Å². The maximum absolute atomic E-state index is 12.2. The van der Waals surface area contributed by atoms with E-state index in [2.05, 4.69) is 5.32 Å². The van der Waals surface area contributed by atoms with Crippen molar-refractivity contribution in [3.63, 3.8) is 0 Å². The lowest BCUT2D eigenvalue weighted by Gasteiger charge is -2.54. The van der Waals surface area contributed by atoms with Gasteiger partial charge in [-0.1, -0.05) is 12.2 Å². The highest BCUT2D eigenvalue weighted by Gasteiger charge is 2.79. The predicted octanol–water partition coefficient (Wildman–Crippen LogP) is -0.114. The monoisotopic (exact) mass is 295 g/mol. The summed E-state index contributed by atoms with van der Waals surface area (Å²) in [6.45, 7) is 1.50. The van der Waals surface area contributed by atoms with Crippen molar-refractivity contribution in [2.45, 2.75) is 49.9 Å². The molecule has 0 aromatic heterocycles. The topological polar surface area (TPSA) is 95.9 Å². The lowest BCUT2D eigenvalue weighted by Crippen LogP contribution is -2.80. The first-order valence-corrected chi connectivity index (χ1v) is 7.48. The molecule has 116 valence electrons. The molecular formula is C15H21NO5. The Morgan fingerprint density at radius 2 is 2.29 bits per heavy atom. The smallest absolute Gasteiger partial charge is 0.339 e. The summed E-state index contributed by atoms with van der Waals surface area (Å²) in [4.78, 5) is 24.3. The number of allylic oxidation sites excluding steroid dienone is 1. The zero-order chi connectivity index (χ0) is 15.3. The van der Waals surface area contributed by atoms with Gasteiger partial charge < -0.3 is 20.3 Å². The van der Waals surface area contributed by atoms with Gasteiger partial charge in [0.15, 0.2) is 5.60 Å². The molecule has 1 amide bonds. The third-order valence-corrected chi connectivity index (χ3v) is 5.27. The fourth-order valence-corrected chi connectivity index (χ4v) is 4.01. The van der Waals surface area contributed by atoms with E-state index >= 15 is 0 Å². The largest absolute Gasteiger partial charge is 0.453 e. The highest BCUT2D eigenvalue weighted by Crippen LogP contribution is 2.53. The number of carbonyl (C=O) groups is 2. The minimum Gasteiger partial charge on any atom is -0.453 e. The third kappa shape index (κ3) is 1.72. The molecule has 3 N–H and O–H groups in total. The lowest BCUT2D eigenvalue weighted by molar-refractivity contribution is -0.238. The van der Waals surface area contributed by atoms with E-state index in [4.69, 9.17) is 9.84 Å². The molecule has 0 radical (unpaired) electrons. The average molecular weight is 295 g/mol. The minimum atomic E-state index is -1.38. The van der Waals surface area contributed by atoms with Crippen molar-refractivity contribution in [1.29, 1.82) is 0 Å². The molecule has 0 aromatic rings. The Labute approximate surface area is 123 Å². The molecule has 1 aliphatic carbocycles. The van der Waals surface area contributed by atoms with Crippen LogP contribution in [0.5, 0.6) is 0 Å². The predicted molar refractivity (Wildman–Crippen MR) is 73.1 cm³/mol. The normalized spacial score (nSPS) is 42.8. The Hall–Kier alpha value is -1.40. The minimum absolute atomic E-state index is 0.166. The third-order valence-electron chi connectivity index (χ3n) is 5.27. The number of carbonyl (C=O) groups excluding carboxylic acids is 2. The number of esters is 1. The second-order valence-electron chi connectivity index (χ2n) is 6.33. The number of aliphatic hydroxyl groups is 2. The Morgan fingerprint density at radius 1 is 1.52 bits per heavy atom. The van der Waals surface area contributed by atoms with Crippen LogP contribution in [0.3, 0.4) is 0 Å². The van der Waals surface area contributed by atoms with Crippen molar-refractivity contribution in [2.75, 3.05) is 6.61 Å². The summed E-state index contributed by atoms with van der Waals surface area (Å²) < 4.78 is 5.28. The van der Waals surface area contributed by atoms with Crippen LogP contribution >= 0.6 is 0 Å². The molecule has 6 nitrogen and oxygen atoms in total. The van der Waals surface area contributed by atoms with Gasteiger partial charge in [-0.15, -0.1) is 0 Å². The molecule has 0 spiro atoms. The van der Waals surface area contributed by atoms with E-state index in [9.17, 15) is 14.7 Å². The zero-order valence-electron chi connectivity index (χ0n) is 12.0. The molecule has 2 saturated heterocycles. The van der Waals surface area contributed by atoms with Crippen molar-refractivity contribution >= 4 is 11.9 Å². The first-order chi connectivity index (χ1) is 9.97. The first-order valence-electron chi connectivity index (χ1n) is 7.48. The number of aliphatic hydroxyl groups excluding tert-OH is 2. The van der Waals surface area contributed by atoms with Crippen molar-refractivity contribution in [3.05, 3.63) is 12.2 Å². The van der Waals surface area contributed by atoms with E-state index in [0.29, 0.717) is 0 Å². The zero-order valence-corrected chi connectivity index (χ0v) is 12.0. The average Bonchev–Trinajstić information content (AvgIpc) is 2.65. The number of hydrogen-bond donors (Lipinski definition) is 3. The van der Waals surface area contributed by atoms with Gasteiger partial charge in [0.1, 0.15) is 0 Å². The van der Waals surface area contributed by atoms with E-state index in [1.54, 1.807) is 6.92 Å². The Morgan fingerprint density at radius 3 is 2.86 bits per heavy atom. The summed E-state index contributed by atoms with van der Waals surface area (Å²) in [6.07, 6.45) is 5.82. The van der Waals surface area contributed by atoms with E-state index in [-0.39, 0.29) is 24.9 Å². The van der Waals surface area contributed by atoms with E-state index < -0.39 is 29.1 Å². The Bertz CT molecular complexity index is 504. The number of amides is 1. The molecule has 6 heteroatoms. The highest BCUT2D eigenvalue weighted by atomic mass is 16.6. The van der Waals surface area contributed by atoms with Crippen molar-refractivity contribution in [1.82, 2.24) is 5.32 Å². The molecule has 3 aliphatic rings. The quantitative estimate of drug-likeness (QED) is 0.497. The van der Waals surface area contributed by atoms with Crippen LogP contribution in [-0.2, 0) is 14.3 Å². The molecule has 0 unspecified atom stereocenters. The highest BCUT2D eigenvalue weighted by molar-refractivity contribution is 6.01. The van der Waals surface area contributed by atoms with Crippen LogP contribution in [0.25, 0.3) is 0 Å². The number of ether oxygens (including phenoxy) is 1. The van der Waals surface area contributed by atoms with Gasteiger partial charge in [0.05, 0.1) is 12.0 Å². The van der Waals surface area contributed by atoms with Crippen LogP contribution in [0, 0.1) is 11.8 Å². The molecule has 3 rings (SSSR count). The maximum Gasteiger partial charge on any atom is 0.339 e. The lowest BCUT2D eigenvalue weighted by atomic mass is 9.64. The standard InChI is InChI=1S/C15H21NO5/c1-14-10(7-8-17)12(19)16-15(14,13(20)21-14)11(18)9-5-3-2-4-6-9/h3,5,9-11,17-18H,2,4,6-8H2,1H3,(H,16,19)/t9-,10+,11+,14+,15+/m1/s1. The summed E-state index contributed by atoms with van der Waals surface area (Å²) in [5.41, 5.74) is -2.47.